The van der Waals surface area contributed by atoms with Crippen LogP contribution in [0.4, 0.5) is 0 Å². The summed E-state index contributed by atoms with van der Waals surface area (Å²) < 4.78 is 0. The number of pyridine rings is 1. The molecule has 0 atom stereocenters. The lowest BCUT2D eigenvalue weighted by molar-refractivity contribution is 1.31. The van der Waals surface area contributed by atoms with Crippen LogP contribution in [0.25, 0.3) is 0 Å². The van der Waals surface area contributed by atoms with E-state index in [2.05, 4.69) is 30.6 Å². The zero-order chi connectivity index (χ0) is 9.52. The van der Waals surface area contributed by atoms with Crippen LogP contribution in [0.15, 0.2) is 24.5 Å². The Bertz CT molecular complexity index is 293. The smallest absolute Gasteiger partial charge is 0.231 e. The van der Waals surface area contributed by atoms with Crippen LogP contribution in [-0.2, 0) is 0 Å². The number of aromatic nitrogens is 1. The minimum absolute atomic E-state index is 0.528. The predicted molar refractivity (Wildman–Crippen MR) is 57.8 cm³/mol. The fourth-order valence-electron chi connectivity index (χ4n) is 1.11. The van der Waals surface area contributed by atoms with Gasteiger partial charge in [-0.15, -0.1) is 5.82 Å². The molecule has 0 amide bonds. The molecular formula is C11H14BN. The molecular weight excluding hydrogens is 157 g/mol. The van der Waals surface area contributed by atoms with Crippen LogP contribution in [-0.4, -0.2) is 11.7 Å². The molecule has 1 rings (SSSR count). The van der Waals surface area contributed by atoms with Crippen molar-refractivity contribution in [3.05, 3.63) is 30.1 Å². The van der Waals surface area contributed by atoms with Crippen molar-refractivity contribution < 1.29 is 0 Å². The van der Waals surface area contributed by atoms with Crippen LogP contribution in [0.1, 0.15) is 19.4 Å². The maximum atomic E-state index is 4.01. The van der Waals surface area contributed by atoms with Gasteiger partial charge >= 0.3 is 0 Å². The summed E-state index contributed by atoms with van der Waals surface area (Å²) in [5.41, 5.74) is 1.01. The molecule has 1 heterocycles. The number of nitrogens with zero attached hydrogens (tertiary/aromatic N) is 1. The predicted octanol–water partition coefficient (Wildman–Crippen LogP) is 2.51. The van der Waals surface area contributed by atoms with E-state index in [0.29, 0.717) is 6.71 Å². The largest absolute Gasteiger partial charge is 0.263 e. The molecule has 0 saturated heterocycles. The van der Waals surface area contributed by atoms with Crippen LogP contribution in [0, 0.1) is 11.7 Å². The van der Waals surface area contributed by atoms with E-state index in [0.717, 1.165) is 18.2 Å². The molecule has 0 unspecified atom stereocenters. The molecule has 0 aliphatic carbocycles. The summed E-state index contributed by atoms with van der Waals surface area (Å²) in [5.74, 6) is 6.38. The van der Waals surface area contributed by atoms with Crippen LogP contribution in [0.2, 0.25) is 12.6 Å². The van der Waals surface area contributed by atoms with Crippen LogP contribution in [0.3, 0.4) is 0 Å². The van der Waals surface area contributed by atoms with Gasteiger partial charge in [0.05, 0.1) is 0 Å². The van der Waals surface area contributed by atoms with E-state index in [4.69, 9.17) is 0 Å². The Kier molecular flexibility index (Phi) is 4.12. The highest BCUT2D eigenvalue weighted by molar-refractivity contribution is 6.67. The lowest BCUT2D eigenvalue weighted by atomic mass is 9.46. The lowest BCUT2D eigenvalue weighted by Gasteiger charge is -1.95. The maximum absolute atomic E-state index is 4.01. The Labute approximate surface area is 80.7 Å². The summed E-state index contributed by atoms with van der Waals surface area (Å²) in [4.78, 5) is 4.01. The number of hydrogen-bond donors (Lipinski definition) is 0. The van der Waals surface area contributed by atoms with Gasteiger partial charge in [-0.2, -0.15) is 0 Å². The fraction of sp³-hybridized carbons (Fsp3) is 0.364. The van der Waals surface area contributed by atoms with Crippen LogP contribution >= 0.6 is 0 Å². The van der Waals surface area contributed by atoms with E-state index in [-0.39, 0.29) is 0 Å². The third-order valence-corrected chi connectivity index (χ3v) is 2.07. The molecule has 0 N–H and O–H groups in total. The van der Waals surface area contributed by atoms with Crippen molar-refractivity contribution in [2.24, 2.45) is 0 Å². The highest BCUT2D eigenvalue weighted by atomic mass is 14.6. The first-order chi connectivity index (χ1) is 6.36. The molecule has 13 heavy (non-hydrogen) atoms. The summed E-state index contributed by atoms with van der Waals surface area (Å²) >= 11 is 0. The summed E-state index contributed by atoms with van der Waals surface area (Å²) in [6.07, 6.45) is 5.82. The Morgan fingerprint density at radius 1 is 1.38 bits per heavy atom. The Morgan fingerprint density at radius 2 is 2.15 bits per heavy atom. The molecule has 0 radical (unpaired) electrons. The van der Waals surface area contributed by atoms with E-state index in [1.165, 1.54) is 0 Å². The average molecular weight is 171 g/mol. The normalized spacial score (nSPS) is 8.77. The molecule has 0 aliphatic rings. The van der Waals surface area contributed by atoms with Crippen molar-refractivity contribution in [2.45, 2.75) is 26.5 Å². The SMILES string of the molecule is CCB(C#Cc1cccnc1)CC. The molecule has 1 nitrogen and oxygen atoms in total. The first-order valence-corrected chi connectivity index (χ1v) is 4.78. The average Bonchev–Trinajstić information content (AvgIpc) is 2.21. The van der Waals surface area contributed by atoms with E-state index >= 15 is 0 Å². The lowest BCUT2D eigenvalue weighted by Crippen LogP contribution is -2.04. The van der Waals surface area contributed by atoms with Crippen LogP contribution < -0.4 is 0 Å². The molecule has 0 aromatic carbocycles. The van der Waals surface area contributed by atoms with Gasteiger partial charge in [0, 0.05) is 18.0 Å². The van der Waals surface area contributed by atoms with Crippen molar-refractivity contribution in [3.63, 3.8) is 0 Å². The first kappa shape index (κ1) is 9.86. The summed E-state index contributed by atoms with van der Waals surface area (Å²) in [6, 6.07) is 3.90. The van der Waals surface area contributed by atoms with Gasteiger partial charge in [-0.25, -0.2) is 0 Å². The standard InChI is InChI=1S/C11H14BN/c1-3-12(4-2)8-7-11-6-5-9-13-10-11/h5-6,9-10H,3-4H2,1-2H3. The first-order valence-electron chi connectivity index (χ1n) is 4.78. The Morgan fingerprint density at radius 3 is 2.69 bits per heavy atom. The van der Waals surface area contributed by atoms with Gasteiger partial charge in [0.15, 0.2) is 0 Å². The maximum Gasteiger partial charge on any atom is 0.231 e. The second-order valence-corrected chi connectivity index (χ2v) is 3.02. The molecule has 0 saturated carbocycles. The van der Waals surface area contributed by atoms with E-state index in [1.807, 2.05) is 12.1 Å². The van der Waals surface area contributed by atoms with Crippen molar-refractivity contribution in [3.8, 4) is 11.7 Å². The van der Waals surface area contributed by atoms with E-state index < -0.39 is 0 Å². The van der Waals surface area contributed by atoms with Gasteiger partial charge in [-0.1, -0.05) is 32.4 Å². The molecule has 2 heteroatoms. The molecule has 0 bridgehead atoms. The highest BCUT2D eigenvalue weighted by Crippen LogP contribution is 1.97. The van der Waals surface area contributed by atoms with E-state index in [9.17, 15) is 0 Å². The van der Waals surface area contributed by atoms with Gasteiger partial charge < -0.3 is 0 Å². The molecule has 1 aromatic heterocycles. The molecule has 0 aliphatic heterocycles. The molecule has 0 spiro atoms. The Balaban J connectivity index is 2.66. The van der Waals surface area contributed by atoms with Crippen molar-refractivity contribution >= 4 is 6.71 Å². The van der Waals surface area contributed by atoms with Crippen molar-refractivity contribution in [1.29, 1.82) is 0 Å². The number of rotatable bonds is 2. The van der Waals surface area contributed by atoms with E-state index in [1.54, 1.807) is 12.4 Å². The Hall–Kier alpha value is -1.23. The molecule has 66 valence electrons. The fourth-order valence-corrected chi connectivity index (χ4v) is 1.11. The van der Waals surface area contributed by atoms with Gasteiger partial charge in [0.2, 0.25) is 6.71 Å². The summed E-state index contributed by atoms with van der Waals surface area (Å²) in [6.45, 7) is 4.87. The van der Waals surface area contributed by atoms with Crippen molar-refractivity contribution in [2.75, 3.05) is 0 Å². The quantitative estimate of drug-likeness (QED) is 0.492. The minimum atomic E-state index is 0.528. The monoisotopic (exact) mass is 171 g/mol. The summed E-state index contributed by atoms with van der Waals surface area (Å²) in [7, 11) is 0. The molecule has 1 aromatic rings. The zero-order valence-electron chi connectivity index (χ0n) is 8.25. The van der Waals surface area contributed by atoms with Gasteiger partial charge in [-0.05, 0) is 12.1 Å². The van der Waals surface area contributed by atoms with Crippen molar-refractivity contribution in [1.82, 2.24) is 4.98 Å². The minimum Gasteiger partial charge on any atom is -0.263 e. The highest BCUT2D eigenvalue weighted by Gasteiger charge is 2.02. The number of hydrogen-bond acceptors (Lipinski definition) is 1. The second kappa shape index (κ2) is 5.43. The van der Waals surface area contributed by atoms with Gasteiger partial charge in [-0.3, -0.25) is 4.98 Å². The third kappa shape index (κ3) is 3.33. The topological polar surface area (TPSA) is 12.9 Å². The van der Waals surface area contributed by atoms with Gasteiger partial charge in [0.1, 0.15) is 0 Å². The molecule has 0 fully saturated rings. The zero-order valence-corrected chi connectivity index (χ0v) is 8.25. The second-order valence-electron chi connectivity index (χ2n) is 3.02. The van der Waals surface area contributed by atoms with Crippen LogP contribution in [0.5, 0.6) is 0 Å². The van der Waals surface area contributed by atoms with Gasteiger partial charge in [0.25, 0.3) is 0 Å². The third-order valence-electron chi connectivity index (χ3n) is 2.07. The summed E-state index contributed by atoms with van der Waals surface area (Å²) in [5, 5.41) is 0.